The highest BCUT2D eigenvalue weighted by atomic mass is 35.5. The number of carbonyl (C=O) groups is 1. The highest BCUT2D eigenvalue weighted by molar-refractivity contribution is 7.89. The summed E-state index contributed by atoms with van der Waals surface area (Å²) in [6, 6.07) is 2.99. The van der Waals surface area contributed by atoms with Crippen LogP contribution in [0.5, 0.6) is 0 Å². The van der Waals surface area contributed by atoms with Crippen LogP contribution in [0.15, 0.2) is 23.1 Å². The van der Waals surface area contributed by atoms with Crippen molar-refractivity contribution in [3.05, 3.63) is 29.0 Å². The Morgan fingerprint density at radius 3 is 2.68 bits per heavy atom. The highest BCUT2D eigenvalue weighted by Crippen LogP contribution is 2.24. The molecule has 5 nitrogen and oxygen atoms in total. The zero-order valence-corrected chi connectivity index (χ0v) is 12.0. The summed E-state index contributed by atoms with van der Waals surface area (Å²) in [6.45, 7) is 1.28. The molecule has 0 saturated carbocycles. The number of esters is 1. The monoisotopic (exact) mass is 309 g/mol. The molecule has 0 heterocycles. The van der Waals surface area contributed by atoms with E-state index < -0.39 is 28.4 Å². The molecule has 0 N–H and O–H groups in total. The lowest BCUT2D eigenvalue weighted by molar-refractivity contribution is -0.143. The Bertz CT molecular complexity index is 576. The Hall–Kier alpha value is -1.18. The third-order valence-corrected chi connectivity index (χ3v) is 4.52. The van der Waals surface area contributed by atoms with E-state index in [1.54, 1.807) is 6.92 Å². The van der Waals surface area contributed by atoms with Gasteiger partial charge in [0, 0.05) is 7.05 Å². The molecular formula is C11H13ClFNO4S. The average Bonchev–Trinajstić information content (AvgIpc) is 2.32. The second-order valence-electron chi connectivity index (χ2n) is 3.64. The number of sulfonamides is 1. The predicted octanol–water partition coefficient (Wildman–Crippen LogP) is 1.66. The van der Waals surface area contributed by atoms with E-state index in [1.165, 1.54) is 7.05 Å². The molecule has 0 radical (unpaired) electrons. The van der Waals surface area contributed by atoms with Crippen molar-refractivity contribution in [2.75, 3.05) is 20.2 Å². The normalized spacial score (nSPS) is 11.6. The molecule has 106 valence electrons. The summed E-state index contributed by atoms with van der Waals surface area (Å²) in [5.41, 5.74) is 0. The fourth-order valence-corrected chi connectivity index (χ4v) is 2.91. The molecule has 0 aliphatic carbocycles. The van der Waals surface area contributed by atoms with Gasteiger partial charge in [-0.3, -0.25) is 4.79 Å². The van der Waals surface area contributed by atoms with Crippen LogP contribution in [-0.4, -0.2) is 38.9 Å². The number of benzene rings is 1. The standard InChI is InChI=1S/C11H13ClFNO4S/c1-3-18-11(15)7-14(2)19(16,17)10-6-8(13)4-5-9(10)12/h4-6H,3,7H2,1-2H3. The largest absolute Gasteiger partial charge is 0.465 e. The fourth-order valence-electron chi connectivity index (χ4n) is 1.32. The maximum absolute atomic E-state index is 13.1. The van der Waals surface area contributed by atoms with Crippen LogP contribution in [0.25, 0.3) is 0 Å². The van der Waals surface area contributed by atoms with Gasteiger partial charge in [-0.25, -0.2) is 12.8 Å². The van der Waals surface area contributed by atoms with E-state index in [2.05, 4.69) is 4.74 Å². The number of carbonyl (C=O) groups excluding carboxylic acids is 1. The summed E-state index contributed by atoms with van der Waals surface area (Å²) in [5.74, 6) is -1.42. The summed E-state index contributed by atoms with van der Waals surface area (Å²) >= 11 is 5.73. The lowest BCUT2D eigenvalue weighted by atomic mass is 10.3. The van der Waals surface area contributed by atoms with Crippen LogP contribution < -0.4 is 0 Å². The Labute approximate surface area is 116 Å². The summed E-state index contributed by atoms with van der Waals surface area (Å²) < 4.78 is 42.7. The Morgan fingerprint density at radius 2 is 2.11 bits per heavy atom. The zero-order chi connectivity index (χ0) is 14.6. The van der Waals surface area contributed by atoms with Crippen molar-refractivity contribution in [3.8, 4) is 0 Å². The first-order chi connectivity index (χ1) is 8.78. The SMILES string of the molecule is CCOC(=O)CN(C)S(=O)(=O)c1cc(F)ccc1Cl. The van der Waals surface area contributed by atoms with E-state index in [1.807, 2.05) is 0 Å². The van der Waals surface area contributed by atoms with Crippen LogP contribution in [0, 0.1) is 5.82 Å². The molecule has 0 saturated heterocycles. The molecule has 1 rings (SSSR count). The average molecular weight is 310 g/mol. The van der Waals surface area contributed by atoms with Gasteiger partial charge in [0.1, 0.15) is 17.3 Å². The summed E-state index contributed by atoms with van der Waals surface area (Å²) in [6.07, 6.45) is 0. The number of likely N-dealkylation sites (N-methyl/N-ethyl adjacent to an activating group) is 1. The minimum Gasteiger partial charge on any atom is -0.465 e. The van der Waals surface area contributed by atoms with Crippen molar-refractivity contribution in [2.45, 2.75) is 11.8 Å². The molecule has 0 spiro atoms. The topological polar surface area (TPSA) is 63.7 Å². The number of hydrogen-bond donors (Lipinski definition) is 0. The molecule has 0 aliphatic rings. The first-order valence-corrected chi connectivity index (χ1v) is 7.18. The fraction of sp³-hybridized carbons (Fsp3) is 0.364. The van der Waals surface area contributed by atoms with Crippen LogP contribution in [0.1, 0.15) is 6.92 Å². The van der Waals surface area contributed by atoms with Gasteiger partial charge in [0.2, 0.25) is 10.0 Å². The molecule has 0 bridgehead atoms. The van der Waals surface area contributed by atoms with Crippen molar-refractivity contribution < 1.29 is 22.3 Å². The predicted molar refractivity (Wildman–Crippen MR) is 67.9 cm³/mol. The van der Waals surface area contributed by atoms with Gasteiger partial charge in [-0.05, 0) is 25.1 Å². The van der Waals surface area contributed by atoms with Crippen LogP contribution in [-0.2, 0) is 19.6 Å². The summed E-state index contributed by atoms with van der Waals surface area (Å²) in [4.78, 5) is 10.9. The van der Waals surface area contributed by atoms with Crippen LogP contribution in [0.2, 0.25) is 5.02 Å². The second-order valence-corrected chi connectivity index (χ2v) is 6.06. The number of hydrogen-bond acceptors (Lipinski definition) is 4. The first-order valence-electron chi connectivity index (χ1n) is 5.36. The van der Waals surface area contributed by atoms with Crippen LogP contribution >= 0.6 is 11.6 Å². The van der Waals surface area contributed by atoms with E-state index in [4.69, 9.17) is 11.6 Å². The zero-order valence-electron chi connectivity index (χ0n) is 10.4. The van der Waals surface area contributed by atoms with E-state index in [-0.39, 0.29) is 16.5 Å². The van der Waals surface area contributed by atoms with Crippen molar-refractivity contribution in [1.82, 2.24) is 4.31 Å². The van der Waals surface area contributed by atoms with Crippen molar-refractivity contribution in [2.24, 2.45) is 0 Å². The lowest BCUT2D eigenvalue weighted by Gasteiger charge is -2.17. The third kappa shape index (κ3) is 3.89. The first kappa shape index (κ1) is 15.9. The minimum atomic E-state index is -4.04. The lowest BCUT2D eigenvalue weighted by Crippen LogP contribution is -2.33. The molecule has 0 aromatic heterocycles. The van der Waals surface area contributed by atoms with Crippen molar-refractivity contribution in [1.29, 1.82) is 0 Å². The summed E-state index contributed by atoms with van der Waals surface area (Å²) in [7, 11) is -2.86. The molecule has 8 heteroatoms. The molecular weight excluding hydrogens is 297 g/mol. The van der Waals surface area contributed by atoms with Crippen LogP contribution in [0.4, 0.5) is 4.39 Å². The molecule has 1 aromatic carbocycles. The molecule has 0 unspecified atom stereocenters. The number of halogens is 2. The molecule has 0 amide bonds. The molecule has 1 aromatic rings. The minimum absolute atomic E-state index is 0.114. The maximum Gasteiger partial charge on any atom is 0.321 e. The van der Waals surface area contributed by atoms with Gasteiger partial charge in [0.15, 0.2) is 0 Å². The third-order valence-electron chi connectivity index (χ3n) is 2.24. The van der Waals surface area contributed by atoms with E-state index in [0.717, 1.165) is 22.5 Å². The Kier molecular flexibility index (Phi) is 5.28. The quantitative estimate of drug-likeness (QED) is 0.776. The smallest absolute Gasteiger partial charge is 0.321 e. The van der Waals surface area contributed by atoms with Gasteiger partial charge in [-0.1, -0.05) is 11.6 Å². The van der Waals surface area contributed by atoms with Gasteiger partial charge in [-0.2, -0.15) is 4.31 Å². The van der Waals surface area contributed by atoms with Crippen LogP contribution in [0.3, 0.4) is 0 Å². The van der Waals surface area contributed by atoms with Gasteiger partial charge in [0.05, 0.1) is 11.6 Å². The number of ether oxygens (including phenoxy) is 1. The summed E-state index contributed by atoms with van der Waals surface area (Å²) in [5, 5.41) is -0.114. The maximum atomic E-state index is 13.1. The Balaban J connectivity index is 3.03. The van der Waals surface area contributed by atoms with Crippen molar-refractivity contribution in [3.63, 3.8) is 0 Å². The van der Waals surface area contributed by atoms with Crippen molar-refractivity contribution >= 4 is 27.6 Å². The second kappa shape index (κ2) is 6.31. The Morgan fingerprint density at radius 1 is 1.47 bits per heavy atom. The molecule has 0 atom stereocenters. The van der Waals surface area contributed by atoms with E-state index >= 15 is 0 Å². The highest BCUT2D eigenvalue weighted by Gasteiger charge is 2.26. The molecule has 0 aliphatic heterocycles. The molecule has 0 fully saturated rings. The van der Waals surface area contributed by atoms with Gasteiger partial charge < -0.3 is 4.74 Å². The van der Waals surface area contributed by atoms with Gasteiger partial charge in [-0.15, -0.1) is 0 Å². The number of rotatable bonds is 5. The van der Waals surface area contributed by atoms with Gasteiger partial charge in [0.25, 0.3) is 0 Å². The van der Waals surface area contributed by atoms with Gasteiger partial charge >= 0.3 is 5.97 Å². The van der Waals surface area contributed by atoms with E-state index in [0.29, 0.717) is 0 Å². The molecule has 19 heavy (non-hydrogen) atoms. The number of nitrogens with zero attached hydrogens (tertiary/aromatic N) is 1. The van der Waals surface area contributed by atoms with E-state index in [9.17, 15) is 17.6 Å².